The van der Waals surface area contributed by atoms with Crippen LogP contribution in [0.3, 0.4) is 0 Å². The van der Waals surface area contributed by atoms with E-state index in [0.717, 1.165) is 42.4 Å². The second-order valence-electron chi connectivity index (χ2n) is 5.95. The van der Waals surface area contributed by atoms with E-state index in [0.29, 0.717) is 6.42 Å². The number of carbonyl (C=O) groups excluding carboxylic acids is 1. The number of thioether (sulfide) groups is 1. The maximum absolute atomic E-state index is 11.6. The molecule has 0 saturated carbocycles. The van der Waals surface area contributed by atoms with Gasteiger partial charge in [-0.2, -0.15) is 0 Å². The fraction of sp³-hybridized carbons (Fsp3) is 0.444. The average molecular weight is 345 g/mol. The van der Waals surface area contributed by atoms with E-state index < -0.39 is 0 Å². The molecule has 2 heterocycles. The van der Waals surface area contributed by atoms with Gasteiger partial charge in [0.1, 0.15) is 0 Å². The van der Waals surface area contributed by atoms with Gasteiger partial charge in [0.2, 0.25) is 5.91 Å². The standard InChI is InChI=1S/C18H23N3O2S/c1-2-16(17(19)22)24-18-20-11-15(13-7-4-3-5-8-13)21(18)12-14-9-6-10-23-14/h3-5,7-8,11,14,16H,2,6,9-10,12H2,1H3,(H2,19,22). The van der Waals surface area contributed by atoms with Gasteiger partial charge >= 0.3 is 0 Å². The SMILES string of the molecule is CCC(Sc1ncc(-c2ccccc2)n1CC1CCCO1)C(N)=O. The summed E-state index contributed by atoms with van der Waals surface area (Å²) in [4.78, 5) is 16.2. The summed E-state index contributed by atoms with van der Waals surface area (Å²) in [7, 11) is 0. The fourth-order valence-corrected chi connectivity index (χ4v) is 3.88. The summed E-state index contributed by atoms with van der Waals surface area (Å²) in [6.45, 7) is 3.54. The first-order chi connectivity index (χ1) is 11.7. The largest absolute Gasteiger partial charge is 0.376 e. The maximum Gasteiger partial charge on any atom is 0.231 e. The Labute approximate surface area is 146 Å². The van der Waals surface area contributed by atoms with E-state index in [1.165, 1.54) is 11.8 Å². The molecule has 3 rings (SSSR count). The third-order valence-corrected chi connectivity index (χ3v) is 5.62. The van der Waals surface area contributed by atoms with Crippen LogP contribution in [0.25, 0.3) is 11.3 Å². The van der Waals surface area contributed by atoms with E-state index in [4.69, 9.17) is 10.5 Å². The predicted octanol–water partition coefficient (Wildman–Crippen LogP) is 3.09. The average Bonchev–Trinajstić information content (AvgIpc) is 3.24. The highest BCUT2D eigenvalue weighted by molar-refractivity contribution is 8.00. The molecular formula is C18H23N3O2S. The Kier molecular flexibility index (Phi) is 5.58. The zero-order valence-electron chi connectivity index (χ0n) is 13.9. The number of nitrogens with two attached hydrogens (primary N) is 1. The highest BCUT2D eigenvalue weighted by atomic mass is 32.2. The number of rotatable bonds is 7. The molecule has 0 bridgehead atoms. The van der Waals surface area contributed by atoms with Crippen LogP contribution in [0.4, 0.5) is 0 Å². The van der Waals surface area contributed by atoms with Crippen LogP contribution in [0.2, 0.25) is 0 Å². The number of hydrogen-bond donors (Lipinski definition) is 1. The van der Waals surface area contributed by atoms with Crippen molar-refractivity contribution < 1.29 is 9.53 Å². The number of amides is 1. The molecule has 2 atom stereocenters. The van der Waals surface area contributed by atoms with Crippen molar-refractivity contribution in [3.8, 4) is 11.3 Å². The number of nitrogens with zero attached hydrogens (tertiary/aromatic N) is 2. The van der Waals surface area contributed by atoms with Crippen LogP contribution < -0.4 is 5.73 Å². The second-order valence-corrected chi connectivity index (χ2v) is 7.12. The molecule has 1 saturated heterocycles. The maximum atomic E-state index is 11.6. The van der Waals surface area contributed by atoms with Gasteiger partial charge in [0.05, 0.1) is 29.8 Å². The Morgan fingerprint density at radius 3 is 2.88 bits per heavy atom. The number of ether oxygens (including phenoxy) is 1. The first-order valence-corrected chi connectivity index (χ1v) is 9.25. The fourth-order valence-electron chi connectivity index (χ4n) is 2.93. The van der Waals surface area contributed by atoms with Gasteiger partial charge in [0, 0.05) is 6.61 Å². The number of imidazole rings is 1. The summed E-state index contributed by atoms with van der Waals surface area (Å²) in [6.07, 6.45) is 4.92. The lowest BCUT2D eigenvalue weighted by Crippen LogP contribution is -2.26. The summed E-state index contributed by atoms with van der Waals surface area (Å²) in [5.74, 6) is -0.296. The Bertz CT molecular complexity index is 681. The van der Waals surface area contributed by atoms with Crippen molar-refractivity contribution in [1.29, 1.82) is 0 Å². The normalized spacial score (nSPS) is 18.6. The van der Waals surface area contributed by atoms with Gasteiger partial charge in [0.15, 0.2) is 5.16 Å². The molecule has 1 aromatic carbocycles. The van der Waals surface area contributed by atoms with E-state index >= 15 is 0 Å². The minimum absolute atomic E-state index is 0.203. The van der Waals surface area contributed by atoms with Gasteiger partial charge in [-0.1, -0.05) is 49.0 Å². The minimum Gasteiger partial charge on any atom is -0.376 e. The Morgan fingerprint density at radius 1 is 1.46 bits per heavy atom. The van der Waals surface area contributed by atoms with Crippen LogP contribution in [0.15, 0.2) is 41.7 Å². The molecule has 2 aromatic rings. The molecule has 1 amide bonds. The highest BCUT2D eigenvalue weighted by Crippen LogP contribution is 2.31. The van der Waals surface area contributed by atoms with Crippen molar-refractivity contribution in [3.05, 3.63) is 36.5 Å². The van der Waals surface area contributed by atoms with Crippen molar-refractivity contribution in [1.82, 2.24) is 9.55 Å². The van der Waals surface area contributed by atoms with E-state index in [1.54, 1.807) is 0 Å². The van der Waals surface area contributed by atoms with Gasteiger partial charge in [-0.25, -0.2) is 4.98 Å². The van der Waals surface area contributed by atoms with Crippen LogP contribution in [-0.4, -0.2) is 33.4 Å². The van der Waals surface area contributed by atoms with Gasteiger partial charge in [0.25, 0.3) is 0 Å². The second kappa shape index (κ2) is 7.85. The zero-order valence-corrected chi connectivity index (χ0v) is 14.7. The molecular weight excluding hydrogens is 322 g/mol. The Morgan fingerprint density at radius 2 is 2.25 bits per heavy atom. The van der Waals surface area contributed by atoms with Gasteiger partial charge in [-0.15, -0.1) is 0 Å². The Balaban J connectivity index is 1.92. The number of primary amides is 1. The van der Waals surface area contributed by atoms with E-state index in [-0.39, 0.29) is 17.3 Å². The lowest BCUT2D eigenvalue weighted by molar-refractivity contribution is -0.117. The van der Waals surface area contributed by atoms with Crippen LogP contribution in [0.1, 0.15) is 26.2 Å². The van der Waals surface area contributed by atoms with Crippen molar-refractivity contribution >= 4 is 17.7 Å². The first kappa shape index (κ1) is 17.0. The van der Waals surface area contributed by atoms with Crippen LogP contribution in [0.5, 0.6) is 0 Å². The van der Waals surface area contributed by atoms with Crippen LogP contribution in [0, 0.1) is 0 Å². The molecule has 0 aliphatic carbocycles. The van der Waals surface area contributed by atoms with Gasteiger partial charge < -0.3 is 15.0 Å². The first-order valence-electron chi connectivity index (χ1n) is 8.37. The van der Waals surface area contributed by atoms with Crippen LogP contribution in [-0.2, 0) is 16.1 Å². The molecule has 1 fully saturated rings. The molecule has 2 N–H and O–H groups in total. The summed E-state index contributed by atoms with van der Waals surface area (Å²) < 4.78 is 7.97. The van der Waals surface area contributed by atoms with Gasteiger partial charge in [-0.3, -0.25) is 4.79 Å². The molecule has 1 aliphatic heterocycles. The van der Waals surface area contributed by atoms with Crippen LogP contribution >= 0.6 is 11.8 Å². The number of aromatic nitrogens is 2. The molecule has 2 unspecified atom stereocenters. The molecule has 1 aliphatic rings. The van der Waals surface area contributed by atoms with E-state index in [2.05, 4.69) is 21.7 Å². The number of carbonyl (C=O) groups is 1. The highest BCUT2D eigenvalue weighted by Gasteiger charge is 2.23. The van der Waals surface area contributed by atoms with Crippen molar-refractivity contribution in [2.24, 2.45) is 5.73 Å². The van der Waals surface area contributed by atoms with Gasteiger partial charge in [-0.05, 0) is 24.8 Å². The molecule has 1 aromatic heterocycles. The quantitative estimate of drug-likeness (QED) is 0.783. The lowest BCUT2D eigenvalue weighted by Gasteiger charge is -2.17. The van der Waals surface area contributed by atoms with E-state index in [1.807, 2.05) is 31.3 Å². The minimum atomic E-state index is -0.296. The summed E-state index contributed by atoms with van der Waals surface area (Å²) in [5, 5.41) is 0.564. The monoisotopic (exact) mass is 345 g/mol. The van der Waals surface area contributed by atoms with Crippen molar-refractivity contribution in [2.45, 2.75) is 49.2 Å². The zero-order chi connectivity index (χ0) is 16.9. The molecule has 0 radical (unpaired) electrons. The van der Waals surface area contributed by atoms with E-state index in [9.17, 15) is 4.79 Å². The summed E-state index contributed by atoms with van der Waals surface area (Å²) in [5.41, 5.74) is 7.67. The smallest absolute Gasteiger partial charge is 0.231 e. The lowest BCUT2D eigenvalue weighted by atomic mass is 10.1. The topological polar surface area (TPSA) is 70.1 Å². The third-order valence-electron chi connectivity index (χ3n) is 4.23. The number of benzene rings is 1. The van der Waals surface area contributed by atoms with Crippen molar-refractivity contribution in [2.75, 3.05) is 6.61 Å². The summed E-state index contributed by atoms with van der Waals surface area (Å²) in [6, 6.07) is 10.2. The molecule has 6 heteroatoms. The third kappa shape index (κ3) is 3.82. The molecule has 24 heavy (non-hydrogen) atoms. The summed E-state index contributed by atoms with van der Waals surface area (Å²) >= 11 is 1.44. The van der Waals surface area contributed by atoms with Crippen molar-refractivity contribution in [3.63, 3.8) is 0 Å². The Hall–Kier alpha value is -1.79. The molecule has 128 valence electrons. The number of hydrogen-bond acceptors (Lipinski definition) is 4. The molecule has 0 spiro atoms. The predicted molar refractivity (Wildman–Crippen MR) is 95.8 cm³/mol. The molecule has 5 nitrogen and oxygen atoms in total.